The van der Waals surface area contributed by atoms with Crippen LogP contribution in [0.25, 0.3) is 0 Å². The lowest BCUT2D eigenvalue weighted by atomic mass is 9.59. The van der Waals surface area contributed by atoms with Gasteiger partial charge >= 0.3 is 0 Å². The van der Waals surface area contributed by atoms with Gasteiger partial charge in [-0.3, -0.25) is 9.59 Å². The number of likely N-dealkylation sites (tertiary alicyclic amines) is 1. The lowest BCUT2D eigenvalue weighted by molar-refractivity contribution is -0.152. The minimum Gasteiger partial charge on any atom is -0.508 e. The first-order valence-corrected chi connectivity index (χ1v) is 14.2. The topological polar surface area (TPSA) is 93.1 Å². The van der Waals surface area contributed by atoms with Crippen LogP contribution in [0.15, 0.2) is 42.5 Å². The van der Waals surface area contributed by atoms with Crippen LogP contribution in [0, 0.1) is 24.1 Å². The molecule has 3 N–H and O–H groups in total. The van der Waals surface area contributed by atoms with E-state index in [0.29, 0.717) is 17.5 Å². The second kappa shape index (κ2) is 12.9. The summed E-state index contributed by atoms with van der Waals surface area (Å²) < 4.78 is 43.4. The van der Waals surface area contributed by atoms with E-state index in [1.807, 2.05) is 19.0 Å². The number of nitrogens with zero attached hydrogens (tertiary/aromatic N) is 2. The summed E-state index contributed by atoms with van der Waals surface area (Å²) in [5.74, 6) is -3.15. The van der Waals surface area contributed by atoms with Gasteiger partial charge in [0.2, 0.25) is 5.91 Å². The zero-order chi connectivity index (χ0) is 29.9. The van der Waals surface area contributed by atoms with Gasteiger partial charge in [-0.2, -0.15) is 0 Å². The van der Waals surface area contributed by atoms with Gasteiger partial charge < -0.3 is 25.3 Å². The van der Waals surface area contributed by atoms with Crippen LogP contribution in [-0.4, -0.2) is 90.5 Å². The number of halogens is 3. The fourth-order valence-electron chi connectivity index (χ4n) is 6.71. The number of phenolic OH excluding ortho intramolecular Hbond substituents is 1. The van der Waals surface area contributed by atoms with Gasteiger partial charge in [0.25, 0.3) is 6.43 Å². The molecule has 4 rings (SSSR count). The van der Waals surface area contributed by atoms with E-state index < -0.39 is 47.5 Å². The van der Waals surface area contributed by atoms with Crippen molar-refractivity contribution in [3.63, 3.8) is 0 Å². The van der Waals surface area contributed by atoms with E-state index in [1.165, 1.54) is 18.2 Å². The minimum atomic E-state index is -2.95. The number of hydrogen-bond acceptors (Lipinski definition) is 6. The molecule has 2 aliphatic rings. The van der Waals surface area contributed by atoms with Crippen LogP contribution >= 0.6 is 0 Å². The van der Waals surface area contributed by atoms with Gasteiger partial charge in [0.1, 0.15) is 17.6 Å². The van der Waals surface area contributed by atoms with E-state index in [0.717, 1.165) is 17.9 Å². The minimum absolute atomic E-state index is 0.0280. The number of Topliss-reactive ketones (excluding diaryl/α,β-unsaturated/α-hetero) is 1. The predicted molar refractivity (Wildman–Crippen MR) is 150 cm³/mol. The Kier molecular flexibility index (Phi) is 9.77. The highest BCUT2D eigenvalue weighted by atomic mass is 19.3. The molecule has 7 nitrogen and oxygen atoms in total. The number of nitrogens with one attached hydrogen (secondary N) is 1. The molecule has 41 heavy (non-hydrogen) atoms. The van der Waals surface area contributed by atoms with E-state index in [1.54, 1.807) is 31.2 Å². The number of aliphatic hydroxyl groups excluding tert-OH is 1. The standard InChI is InChI=1S/C31H40F3N3O4/c1-19-22(10-7-11-24(19)32)26-23(28(40)20-8-6-9-21(38)16-20)17-35-18-31(26,13-4-5-14-36(2)3)30(41)37-15-12-25(39)27(37)29(33)34/h6-11,16,23,25-27,29,35,38-39H,4-5,12-15,17-18H2,1-3H3/t23-,25-,26-,27-,31+/m0/s1. The fraction of sp³-hybridized carbons (Fsp3) is 0.548. The SMILES string of the molecule is Cc1c(F)cccc1[C@H]1[C@@H](C(=O)c2cccc(O)c2)CNC[C@@]1(CCCCN(C)C)C(=O)N1CC[C@H](O)[C@H]1C(F)F. The largest absolute Gasteiger partial charge is 0.508 e. The van der Waals surface area contributed by atoms with Gasteiger partial charge in [0.15, 0.2) is 5.78 Å². The van der Waals surface area contributed by atoms with Crippen molar-refractivity contribution in [2.24, 2.45) is 11.3 Å². The number of piperidine rings is 1. The molecule has 0 spiro atoms. The maximum absolute atomic E-state index is 15.0. The van der Waals surface area contributed by atoms with Crippen molar-refractivity contribution >= 4 is 11.7 Å². The molecule has 0 aliphatic carbocycles. The summed E-state index contributed by atoms with van der Waals surface area (Å²) in [5.41, 5.74) is -0.337. The zero-order valence-corrected chi connectivity index (χ0v) is 23.8. The normalized spacial score (nSPS) is 26.6. The molecule has 224 valence electrons. The van der Waals surface area contributed by atoms with Crippen molar-refractivity contribution in [2.75, 3.05) is 40.3 Å². The van der Waals surface area contributed by atoms with Crippen molar-refractivity contribution in [2.45, 2.75) is 57.1 Å². The molecule has 5 atom stereocenters. The molecule has 0 aromatic heterocycles. The van der Waals surface area contributed by atoms with E-state index in [-0.39, 0.29) is 49.6 Å². The number of carbonyl (C=O) groups excluding carboxylic acids is 2. The Hall–Kier alpha value is -2.95. The maximum atomic E-state index is 15.0. The number of amides is 1. The average molecular weight is 576 g/mol. The fourth-order valence-corrected chi connectivity index (χ4v) is 6.71. The predicted octanol–water partition coefficient (Wildman–Crippen LogP) is 3.97. The van der Waals surface area contributed by atoms with E-state index in [9.17, 15) is 28.6 Å². The second-order valence-electron chi connectivity index (χ2n) is 11.7. The van der Waals surface area contributed by atoms with E-state index >= 15 is 4.39 Å². The zero-order valence-electron chi connectivity index (χ0n) is 23.8. The summed E-state index contributed by atoms with van der Waals surface area (Å²) in [6, 6.07) is 8.85. The molecule has 10 heteroatoms. The molecule has 0 radical (unpaired) electrons. The van der Waals surface area contributed by atoms with Gasteiger partial charge in [-0.25, -0.2) is 13.2 Å². The smallest absolute Gasteiger partial charge is 0.261 e. The molecule has 0 unspecified atom stereocenters. The quantitative estimate of drug-likeness (QED) is 0.293. The number of ketones is 1. The molecule has 2 fully saturated rings. The van der Waals surface area contributed by atoms with Gasteiger partial charge in [-0.15, -0.1) is 0 Å². The number of rotatable bonds is 10. The van der Waals surface area contributed by atoms with Crippen LogP contribution in [0.1, 0.15) is 53.1 Å². The number of benzene rings is 2. The third-order valence-electron chi connectivity index (χ3n) is 8.76. The molecular formula is C31H40F3N3O4. The Balaban J connectivity index is 1.88. The molecule has 2 saturated heterocycles. The van der Waals surface area contributed by atoms with Crippen molar-refractivity contribution < 1.29 is 33.0 Å². The third-order valence-corrected chi connectivity index (χ3v) is 8.76. The molecular weight excluding hydrogens is 535 g/mol. The van der Waals surface area contributed by atoms with Gasteiger partial charge in [-0.1, -0.05) is 30.7 Å². The Bertz CT molecular complexity index is 1240. The van der Waals surface area contributed by atoms with Crippen LogP contribution in [0.3, 0.4) is 0 Å². The number of hydrogen-bond donors (Lipinski definition) is 3. The third kappa shape index (κ3) is 6.29. The summed E-state index contributed by atoms with van der Waals surface area (Å²) >= 11 is 0. The van der Waals surface area contributed by atoms with Gasteiger partial charge in [-0.05, 0) is 76.2 Å². The summed E-state index contributed by atoms with van der Waals surface area (Å²) in [6.45, 7) is 2.61. The number of aromatic hydroxyl groups is 1. The van der Waals surface area contributed by atoms with Crippen molar-refractivity contribution in [1.29, 1.82) is 0 Å². The van der Waals surface area contributed by atoms with E-state index in [4.69, 9.17) is 0 Å². The highest BCUT2D eigenvalue weighted by Gasteiger charge is 2.57. The van der Waals surface area contributed by atoms with Gasteiger partial charge in [0.05, 0.1) is 11.5 Å². The van der Waals surface area contributed by atoms with Gasteiger partial charge in [0, 0.05) is 37.0 Å². The number of aliphatic hydroxyl groups is 1. The lowest BCUT2D eigenvalue weighted by Gasteiger charge is -2.50. The van der Waals surface area contributed by atoms with Crippen molar-refractivity contribution in [1.82, 2.24) is 15.1 Å². The molecule has 2 heterocycles. The van der Waals surface area contributed by atoms with E-state index in [2.05, 4.69) is 5.32 Å². The van der Waals surface area contributed by atoms with Crippen LogP contribution in [0.5, 0.6) is 5.75 Å². The maximum Gasteiger partial charge on any atom is 0.261 e. The van der Waals surface area contributed by atoms with Crippen LogP contribution in [0.2, 0.25) is 0 Å². The monoisotopic (exact) mass is 575 g/mol. The Morgan fingerprint density at radius 2 is 1.90 bits per heavy atom. The molecule has 2 aromatic carbocycles. The number of carbonyl (C=O) groups is 2. The van der Waals surface area contributed by atoms with Crippen molar-refractivity contribution in [3.05, 3.63) is 65.0 Å². The van der Waals surface area contributed by atoms with Crippen molar-refractivity contribution in [3.8, 4) is 5.75 Å². The van der Waals surface area contributed by atoms with Crippen LogP contribution in [0.4, 0.5) is 13.2 Å². The number of alkyl halides is 2. The Morgan fingerprint density at radius 1 is 1.17 bits per heavy atom. The first-order valence-electron chi connectivity index (χ1n) is 14.2. The Labute approximate surface area is 239 Å². The highest BCUT2D eigenvalue weighted by Crippen LogP contribution is 2.51. The Morgan fingerprint density at radius 3 is 2.59 bits per heavy atom. The first kappa shape index (κ1) is 31.0. The molecule has 2 aromatic rings. The molecule has 0 saturated carbocycles. The molecule has 1 amide bonds. The first-order chi connectivity index (χ1) is 19.5. The number of unbranched alkanes of at least 4 members (excludes halogenated alkanes) is 1. The molecule has 2 aliphatic heterocycles. The summed E-state index contributed by atoms with van der Waals surface area (Å²) in [6.07, 6.45) is -2.71. The summed E-state index contributed by atoms with van der Waals surface area (Å²) in [5, 5.41) is 23.7. The summed E-state index contributed by atoms with van der Waals surface area (Å²) in [7, 11) is 3.87. The second-order valence-corrected chi connectivity index (χ2v) is 11.7. The van der Waals surface area contributed by atoms with Crippen LogP contribution in [-0.2, 0) is 4.79 Å². The molecule has 0 bridgehead atoms. The lowest BCUT2D eigenvalue weighted by Crippen LogP contribution is -2.61. The average Bonchev–Trinajstić information content (AvgIpc) is 3.33. The highest BCUT2D eigenvalue weighted by molar-refractivity contribution is 6.00. The van der Waals surface area contributed by atoms with Crippen LogP contribution < -0.4 is 5.32 Å². The summed E-state index contributed by atoms with van der Waals surface area (Å²) in [4.78, 5) is 31.8. The number of phenols is 1.